The van der Waals surface area contributed by atoms with Crippen LogP contribution in [0.15, 0.2) is 60.7 Å². The maximum Gasteiger partial charge on any atom is 0.251 e. The van der Waals surface area contributed by atoms with E-state index in [9.17, 15) is 4.79 Å². The van der Waals surface area contributed by atoms with E-state index in [1.54, 1.807) is 0 Å². The van der Waals surface area contributed by atoms with Crippen molar-refractivity contribution in [3.63, 3.8) is 0 Å². The Balaban J connectivity index is 1.25. The van der Waals surface area contributed by atoms with Crippen LogP contribution in [0, 0.1) is 0 Å². The predicted octanol–water partition coefficient (Wildman–Crippen LogP) is 6.41. The fraction of sp³-hybridized carbons (Fsp3) is 0.452. The Bertz CT molecular complexity index is 1120. The molecule has 2 heterocycles. The number of rotatable bonds is 8. The van der Waals surface area contributed by atoms with E-state index in [0.29, 0.717) is 0 Å². The van der Waals surface area contributed by atoms with Crippen molar-refractivity contribution in [3.8, 4) is 16.9 Å². The summed E-state index contributed by atoms with van der Waals surface area (Å²) in [6.07, 6.45) is 11.0. The summed E-state index contributed by atoms with van der Waals surface area (Å²) in [6, 6.07) is 21.9. The number of carbonyl (C=O) groups excluding carboxylic acids is 1. The van der Waals surface area contributed by atoms with Gasteiger partial charge >= 0.3 is 0 Å². The molecule has 35 heavy (non-hydrogen) atoms. The summed E-state index contributed by atoms with van der Waals surface area (Å²) in [5.74, 6) is 0.0278. The number of aryl methyl sites for hydroxylation is 1. The molecule has 2 aliphatic rings. The Kier molecular flexibility index (Phi) is 7.68. The molecule has 1 saturated heterocycles. The smallest absolute Gasteiger partial charge is 0.251 e. The van der Waals surface area contributed by atoms with E-state index >= 15 is 0 Å². The summed E-state index contributed by atoms with van der Waals surface area (Å²) >= 11 is 0. The van der Waals surface area contributed by atoms with Crippen molar-refractivity contribution in [2.24, 2.45) is 0 Å². The van der Waals surface area contributed by atoms with E-state index in [4.69, 9.17) is 0 Å². The fourth-order valence-corrected chi connectivity index (χ4v) is 5.98. The lowest BCUT2D eigenvalue weighted by Gasteiger charge is -2.35. The van der Waals surface area contributed by atoms with Gasteiger partial charge in [0.2, 0.25) is 0 Å². The van der Waals surface area contributed by atoms with Gasteiger partial charge in [0, 0.05) is 36.1 Å². The van der Waals surface area contributed by atoms with Crippen LogP contribution in [0.3, 0.4) is 0 Å². The molecule has 2 aromatic carbocycles. The van der Waals surface area contributed by atoms with E-state index < -0.39 is 0 Å². The first-order valence-corrected chi connectivity index (χ1v) is 13.7. The normalized spacial score (nSPS) is 18.3. The number of fused-ring (bicyclic) bond motifs is 1. The molecule has 0 bridgehead atoms. The first kappa shape index (κ1) is 23.9. The lowest BCUT2D eigenvalue weighted by atomic mass is 9.98. The van der Waals surface area contributed by atoms with Crippen molar-refractivity contribution in [1.29, 1.82) is 0 Å². The zero-order valence-electron chi connectivity index (χ0n) is 21.1. The van der Waals surface area contributed by atoms with E-state index in [0.717, 1.165) is 49.6 Å². The van der Waals surface area contributed by atoms with Gasteiger partial charge in [-0.3, -0.25) is 4.79 Å². The summed E-state index contributed by atoms with van der Waals surface area (Å²) in [6.45, 7) is 5.32. The van der Waals surface area contributed by atoms with E-state index in [1.807, 2.05) is 12.1 Å². The van der Waals surface area contributed by atoms with Crippen molar-refractivity contribution >= 4 is 5.91 Å². The van der Waals surface area contributed by atoms with Crippen LogP contribution in [0.5, 0.6) is 0 Å². The summed E-state index contributed by atoms with van der Waals surface area (Å²) in [4.78, 5) is 15.4. The second-order valence-corrected chi connectivity index (χ2v) is 10.2. The number of benzene rings is 2. The van der Waals surface area contributed by atoms with Crippen LogP contribution in [-0.2, 0) is 12.8 Å². The van der Waals surface area contributed by atoms with Crippen molar-refractivity contribution in [3.05, 3.63) is 77.5 Å². The van der Waals surface area contributed by atoms with E-state index in [1.165, 1.54) is 67.6 Å². The van der Waals surface area contributed by atoms with Crippen molar-refractivity contribution in [1.82, 2.24) is 14.8 Å². The molecule has 0 radical (unpaired) electrons. The molecule has 1 amide bonds. The molecule has 1 aliphatic heterocycles. The molecule has 1 aliphatic carbocycles. The molecule has 0 spiro atoms. The fourth-order valence-electron chi connectivity index (χ4n) is 5.98. The van der Waals surface area contributed by atoms with Crippen LogP contribution in [0.1, 0.15) is 73.5 Å². The monoisotopic (exact) mass is 469 g/mol. The molecule has 1 atom stereocenters. The van der Waals surface area contributed by atoms with Crippen LogP contribution in [0.2, 0.25) is 0 Å². The maximum absolute atomic E-state index is 12.8. The van der Waals surface area contributed by atoms with Crippen LogP contribution in [0.4, 0.5) is 0 Å². The zero-order chi connectivity index (χ0) is 24.0. The Morgan fingerprint density at radius 3 is 2.57 bits per heavy atom. The molecule has 184 valence electrons. The second kappa shape index (κ2) is 11.3. The maximum atomic E-state index is 12.8. The van der Waals surface area contributed by atoms with Crippen LogP contribution < -0.4 is 5.32 Å². The zero-order valence-corrected chi connectivity index (χ0v) is 21.1. The van der Waals surface area contributed by atoms with Gasteiger partial charge in [0.25, 0.3) is 5.91 Å². The van der Waals surface area contributed by atoms with Gasteiger partial charge in [-0.2, -0.15) is 0 Å². The predicted molar refractivity (Wildman–Crippen MR) is 144 cm³/mol. The first-order valence-electron chi connectivity index (χ1n) is 13.7. The van der Waals surface area contributed by atoms with Crippen molar-refractivity contribution < 1.29 is 4.79 Å². The highest BCUT2D eigenvalue weighted by molar-refractivity contribution is 5.94. The Hall–Kier alpha value is -2.85. The van der Waals surface area contributed by atoms with Crippen LogP contribution in [0.25, 0.3) is 16.9 Å². The van der Waals surface area contributed by atoms with Gasteiger partial charge in [0.15, 0.2) is 0 Å². The van der Waals surface area contributed by atoms with Gasteiger partial charge in [-0.25, -0.2) is 0 Å². The van der Waals surface area contributed by atoms with Gasteiger partial charge in [0.05, 0.1) is 5.69 Å². The molecule has 1 N–H and O–H groups in total. The van der Waals surface area contributed by atoms with Gasteiger partial charge in [-0.05, 0) is 99.4 Å². The topological polar surface area (TPSA) is 37.3 Å². The molecular formula is C31H39N3O. The van der Waals surface area contributed by atoms with Crippen LogP contribution >= 0.6 is 0 Å². The van der Waals surface area contributed by atoms with E-state index in [2.05, 4.69) is 70.2 Å². The Morgan fingerprint density at radius 1 is 0.971 bits per heavy atom. The number of amides is 1. The van der Waals surface area contributed by atoms with E-state index in [-0.39, 0.29) is 5.91 Å². The molecular weight excluding hydrogens is 430 g/mol. The molecule has 0 saturated carbocycles. The minimum atomic E-state index is 0.0278. The number of aromatic nitrogens is 1. The highest BCUT2D eigenvalue weighted by Crippen LogP contribution is 2.34. The first-order chi connectivity index (χ1) is 17.2. The lowest BCUT2D eigenvalue weighted by molar-refractivity contribution is 0.0947. The van der Waals surface area contributed by atoms with Gasteiger partial charge in [0.1, 0.15) is 0 Å². The average molecular weight is 470 g/mol. The van der Waals surface area contributed by atoms with Gasteiger partial charge < -0.3 is 14.8 Å². The minimum Gasteiger partial charge on any atom is -0.352 e. The number of likely N-dealkylation sites (tertiary alicyclic amines) is 1. The number of piperidine rings is 1. The number of hydrogen-bond acceptors (Lipinski definition) is 2. The van der Waals surface area contributed by atoms with Gasteiger partial charge in [-0.15, -0.1) is 0 Å². The molecule has 4 nitrogen and oxygen atoms in total. The second-order valence-electron chi connectivity index (χ2n) is 10.2. The minimum absolute atomic E-state index is 0.0278. The summed E-state index contributed by atoms with van der Waals surface area (Å²) in [5, 5.41) is 3.14. The number of nitrogens with one attached hydrogen (secondary N) is 1. The Labute approximate surface area is 210 Å². The molecule has 1 fully saturated rings. The molecule has 1 aromatic heterocycles. The molecule has 3 aromatic rings. The number of carbonyl (C=O) groups is 1. The summed E-state index contributed by atoms with van der Waals surface area (Å²) < 4.78 is 2.41. The third-order valence-electron chi connectivity index (χ3n) is 7.89. The molecule has 4 heteroatoms. The highest BCUT2D eigenvalue weighted by atomic mass is 16.1. The lowest BCUT2D eigenvalue weighted by Crippen LogP contribution is -2.40. The van der Waals surface area contributed by atoms with Gasteiger partial charge in [-0.1, -0.05) is 43.7 Å². The standard InChI is InChI=1S/C31H39N3O/c1-2-27-14-8-9-21-33(27)22-10-20-32-31(35)25-16-18-28(19-17-25)34-29-15-7-6-13-26(29)23-30(34)24-11-4-3-5-12-24/h3-5,11-12,16-19,23,27H,2,6-10,13-15,20-22H2,1H3,(H,32,35). The SMILES string of the molecule is CCC1CCCCN1CCCNC(=O)c1ccc(-n2c(-c3ccccc3)cc3c2CCCC3)cc1. The number of hydrogen-bond donors (Lipinski definition) is 1. The average Bonchev–Trinajstić information content (AvgIpc) is 3.31. The summed E-state index contributed by atoms with van der Waals surface area (Å²) in [5.41, 5.74) is 7.26. The quantitative estimate of drug-likeness (QED) is 0.387. The number of nitrogens with zero attached hydrogens (tertiary/aromatic N) is 2. The summed E-state index contributed by atoms with van der Waals surface area (Å²) in [7, 11) is 0. The van der Waals surface area contributed by atoms with Crippen LogP contribution in [-0.4, -0.2) is 41.1 Å². The van der Waals surface area contributed by atoms with Crippen molar-refractivity contribution in [2.75, 3.05) is 19.6 Å². The third kappa shape index (κ3) is 5.38. The Morgan fingerprint density at radius 2 is 1.77 bits per heavy atom. The largest absolute Gasteiger partial charge is 0.352 e. The molecule has 1 unspecified atom stereocenters. The third-order valence-corrected chi connectivity index (χ3v) is 7.89. The van der Waals surface area contributed by atoms with Crippen molar-refractivity contribution in [2.45, 2.75) is 70.8 Å². The highest BCUT2D eigenvalue weighted by Gasteiger charge is 2.21. The molecule has 5 rings (SSSR count).